The van der Waals surface area contributed by atoms with Crippen LogP contribution in [0, 0.1) is 0 Å². The summed E-state index contributed by atoms with van der Waals surface area (Å²) in [7, 11) is 0. The van der Waals surface area contributed by atoms with Crippen LogP contribution in [-0.4, -0.2) is 4.98 Å². The molecule has 0 aromatic carbocycles. The van der Waals surface area contributed by atoms with Crippen molar-refractivity contribution in [2.24, 2.45) is 5.73 Å². The summed E-state index contributed by atoms with van der Waals surface area (Å²) < 4.78 is 0.846. The molecule has 0 unspecified atom stereocenters. The summed E-state index contributed by atoms with van der Waals surface area (Å²) in [6.07, 6.45) is 2.71. The molecule has 1 rings (SSSR count). The van der Waals surface area contributed by atoms with Gasteiger partial charge in [-0.2, -0.15) is 0 Å². The Morgan fingerprint density at radius 3 is 3.00 bits per heavy atom. The molecular weight excluding hydrogens is 204 g/mol. The Bertz CT molecular complexity index is 237. The largest absolute Gasteiger partial charge is 0.324 e. The zero-order chi connectivity index (χ0) is 8.27. The molecule has 2 N–H and O–H groups in total. The van der Waals surface area contributed by atoms with Gasteiger partial charge in [-0.15, -0.1) is 0 Å². The quantitative estimate of drug-likeness (QED) is 0.768. The minimum absolute atomic E-state index is 0.134. The van der Waals surface area contributed by atoms with Crippen LogP contribution in [0.4, 0.5) is 0 Å². The number of halogens is 1. The van der Waals surface area contributed by atoms with Crippen LogP contribution in [0.2, 0.25) is 0 Å². The van der Waals surface area contributed by atoms with Gasteiger partial charge in [-0.05, 0) is 40.0 Å². The van der Waals surface area contributed by atoms with Gasteiger partial charge in [-0.25, -0.2) is 4.98 Å². The second kappa shape index (κ2) is 3.83. The topological polar surface area (TPSA) is 38.9 Å². The predicted molar refractivity (Wildman–Crippen MR) is 49.2 cm³/mol. The lowest BCUT2D eigenvalue weighted by molar-refractivity contribution is 0.696. The summed E-state index contributed by atoms with van der Waals surface area (Å²) in [5.41, 5.74) is 6.95. The fourth-order valence-electron chi connectivity index (χ4n) is 0.884. The first-order chi connectivity index (χ1) is 5.24. The molecule has 1 heterocycles. The molecule has 1 aromatic rings. The highest BCUT2D eigenvalue weighted by Gasteiger charge is 2.02. The van der Waals surface area contributed by atoms with Gasteiger partial charge in [0.05, 0.1) is 0 Å². The first-order valence-corrected chi connectivity index (χ1v) is 4.40. The number of hydrogen-bond donors (Lipinski definition) is 1. The molecule has 0 aliphatic carbocycles. The highest BCUT2D eigenvalue weighted by Crippen LogP contribution is 2.15. The predicted octanol–water partition coefficient (Wildman–Crippen LogP) is 2.25. The lowest BCUT2D eigenvalue weighted by Gasteiger charge is -2.07. The zero-order valence-corrected chi connectivity index (χ0v) is 8.01. The van der Waals surface area contributed by atoms with Crippen molar-refractivity contribution in [3.8, 4) is 0 Å². The van der Waals surface area contributed by atoms with Crippen LogP contribution in [0.3, 0.4) is 0 Å². The van der Waals surface area contributed by atoms with E-state index in [0.29, 0.717) is 0 Å². The Labute approximate surface area is 75.0 Å². The maximum atomic E-state index is 5.81. The molecule has 0 radical (unpaired) electrons. The molecule has 0 amide bonds. The van der Waals surface area contributed by atoms with Crippen LogP contribution in [0.1, 0.15) is 24.9 Å². The minimum Gasteiger partial charge on any atom is -0.324 e. The number of nitrogens with two attached hydrogens (primary N) is 1. The van der Waals surface area contributed by atoms with Crippen LogP contribution in [-0.2, 0) is 0 Å². The Balaban J connectivity index is 2.86. The molecule has 0 saturated carbocycles. The molecule has 3 heteroatoms. The molecule has 0 aliphatic rings. The monoisotopic (exact) mass is 214 g/mol. The number of hydrogen-bond acceptors (Lipinski definition) is 2. The lowest BCUT2D eigenvalue weighted by atomic mass is 10.1. The molecular formula is C8H11BrN2. The number of nitrogens with zero attached hydrogens (tertiary/aromatic N) is 1. The van der Waals surface area contributed by atoms with E-state index < -0.39 is 0 Å². The van der Waals surface area contributed by atoms with Gasteiger partial charge in [-0.1, -0.05) is 6.92 Å². The second-order valence-electron chi connectivity index (χ2n) is 2.43. The molecule has 1 atom stereocenters. The van der Waals surface area contributed by atoms with E-state index in [1.165, 1.54) is 0 Å². The van der Waals surface area contributed by atoms with Gasteiger partial charge in [0.15, 0.2) is 0 Å². The molecule has 60 valence electrons. The summed E-state index contributed by atoms with van der Waals surface area (Å²) in [5.74, 6) is 0. The third-order valence-corrected chi connectivity index (χ3v) is 2.05. The first-order valence-electron chi connectivity index (χ1n) is 3.61. The van der Waals surface area contributed by atoms with Crippen molar-refractivity contribution >= 4 is 15.9 Å². The SMILES string of the molecule is CC[C@@H](N)c1ccnc(Br)c1. The van der Waals surface area contributed by atoms with Crippen molar-refractivity contribution in [2.75, 3.05) is 0 Å². The van der Waals surface area contributed by atoms with Crippen molar-refractivity contribution in [3.05, 3.63) is 28.5 Å². The Morgan fingerprint density at radius 2 is 2.45 bits per heavy atom. The molecule has 0 bridgehead atoms. The fraction of sp³-hybridized carbons (Fsp3) is 0.375. The summed E-state index contributed by atoms with van der Waals surface area (Å²) in [5, 5.41) is 0. The average molecular weight is 215 g/mol. The first kappa shape index (κ1) is 8.68. The summed E-state index contributed by atoms with van der Waals surface area (Å²) in [4.78, 5) is 4.02. The zero-order valence-electron chi connectivity index (χ0n) is 6.42. The van der Waals surface area contributed by atoms with Gasteiger partial charge < -0.3 is 5.73 Å². The Kier molecular flexibility index (Phi) is 3.02. The van der Waals surface area contributed by atoms with Gasteiger partial charge in [0.2, 0.25) is 0 Å². The van der Waals surface area contributed by atoms with E-state index in [0.717, 1.165) is 16.6 Å². The lowest BCUT2D eigenvalue weighted by Crippen LogP contribution is -2.08. The molecule has 11 heavy (non-hydrogen) atoms. The standard InChI is InChI=1S/C8H11BrN2/c1-2-7(10)6-3-4-11-8(9)5-6/h3-5,7H,2,10H2,1H3/t7-/m1/s1. The molecule has 2 nitrogen and oxygen atoms in total. The molecule has 0 aliphatic heterocycles. The maximum Gasteiger partial charge on any atom is 0.106 e. The molecule has 0 fully saturated rings. The summed E-state index contributed by atoms with van der Waals surface area (Å²) in [6.45, 7) is 2.07. The highest BCUT2D eigenvalue weighted by molar-refractivity contribution is 9.10. The van der Waals surface area contributed by atoms with Gasteiger partial charge in [-0.3, -0.25) is 0 Å². The van der Waals surface area contributed by atoms with E-state index in [9.17, 15) is 0 Å². The van der Waals surface area contributed by atoms with Crippen LogP contribution in [0.15, 0.2) is 22.9 Å². The minimum atomic E-state index is 0.134. The van der Waals surface area contributed by atoms with Crippen molar-refractivity contribution in [3.63, 3.8) is 0 Å². The van der Waals surface area contributed by atoms with Crippen LogP contribution >= 0.6 is 15.9 Å². The highest BCUT2D eigenvalue weighted by atomic mass is 79.9. The molecule has 1 aromatic heterocycles. The third kappa shape index (κ3) is 2.27. The van der Waals surface area contributed by atoms with Gasteiger partial charge in [0.1, 0.15) is 4.60 Å². The van der Waals surface area contributed by atoms with E-state index in [-0.39, 0.29) is 6.04 Å². The summed E-state index contributed by atoms with van der Waals surface area (Å²) in [6, 6.07) is 4.03. The van der Waals surface area contributed by atoms with Gasteiger partial charge >= 0.3 is 0 Å². The normalized spacial score (nSPS) is 13.0. The van der Waals surface area contributed by atoms with Gasteiger partial charge in [0, 0.05) is 12.2 Å². The van der Waals surface area contributed by atoms with E-state index in [4.69, 9.17) is 5.73 Å². The van der Waals surface area contributed by atoms with Crippen molar-refractivity contribution < 1.29 is 0 Å². The number of aromatic nitrogens is 1. The second-order valence-corrected chi connectivity index (χ2v) is 3.24. The summed E-state index contributed by atoms with van der Waals surface area (Å²) >= 11 is 3.29. The maximum absolute atomic E-state index is 5.81. The van der Waals surface area contributed by atoms with Crippen molar-refractivity contribution in [1.29, 1.82) is 0 Å². The smallest absolute Gasteiger partial charge is 0.106 e. The van der Waals surface area contributed by atoms with Gasteiger partial charge in [0.25, 0.3) is 0 Å². The average Bonchev–Trinajstić information content (AvgIpc) is 2.03. The number of pyridine rings is 1. The van der Waals surface area contributed by atoms with E-state index >= 15 is 0 Å². The molecule has 0 spiro atoms. The Hall–Kier alpha value is -0.410. The van der Waals surface area contributed by atoms with Crippen molar-refractivity contribution in [2.45, 2.75) is 19.4 Å². The van der Waals surface area contributed by atoms with Crippen LogP contribution in [0.5, 0.6) is 0 Å². The van der Waals surface area contributed by atoms with E-state index in [2.05, 4.69) is 27.8 Å². The molecule has 0 saturated heterocycles. The fourth-order valence-corrected chi connectivity index (χ4v) is 1.27. The Morgan fingerprint density at radius 1 is 1.73 bits per heavy atom. The van der Waals surface area contributed by atoms with Crippen molar-refractivity contribution in [1.82, 2.24) is 4.98 Å². The van der Waals surface area contributed by atoms with E-state index in [1.54, 1.807) is 6.20 Å². The number of rotatable bonds is 2. The van der Waals surface area contributed by atoms with Crippen LogP contribution < -0.4 is 5.73 Å². The van der Waals surface area contributed by atoms with E-state index in [1.807, 2.05) is 12.1 Å². The van der Waals surface area contributed by atoms with Crippen LogP contribution in [0.25, 0.3) is 0 Å². The third-order valence-electron chi connectivity index (χ3n) is 1.62.